The summed E-state index contributed by atoms with van der Waals surface area (Å²) in [4.78, 5) is 15.3. The van der Waals surface area contributed by atoms with Crippen molar-refractivity contribution in [3.05, 3.63) is 59.2 Å². The van der Waals surface area contributed by atoms with Crippen LogP contribution in [0.4, 0.5) is 18.9 Å². The first-order valence-corrected chi connectivity index (χ1v) is 14.4. The van der Waals surface area contributed by atoms with E-state index in [9.17, 15) is 31.5 Å². The molecule has 2 saturated carbocycles. The Morgan fingerprint density at radius 1 is 1.00 bits per heavy atom. The largest absolute Gasteiger partial charge is 0.418 e. The van der Waals surface area contributed by atoms with E-state index < -0.39 is 39.2 Å². The molecular weight excluding hydrogens is 517 g/mol. The number of anilines is 1. The molecule has 38 heavy (non-hydrogen) atoms. The standard InChI is InChI=1S/C28H33F3N2O4S/c1-25(2,3)32-38(36,37)20-6-4-5-19(15-20)24(35)33-17-27(13-11-26(9-10-26)12-14-27)21-16-18(7-8-22(21)33)23(34)28(29,30)31/h4-8,15-16,23,32,34H,9-14,17H2,1-3H3/t23-/m1/s1. The molecule has 2 spiro atoms. The van der Waals surface area contributed by atoms with E-state index in [1.165, 1.54) is 36.4 Å². The number of nitrogens with one attached hydrogen (secondary N) is 1. The number of aliphatic hydroxyl groups excluding tert-OH is 1. The molecule has 0 bridgehead atoms. The Hall–Kier alpha value is -2.43. The first kappa shape index (κ1) is 27.1. The summed E-state index contributed by atoms with van der Waals surface area (Å²) in [5, 5.41) is 9.94. The zero-order valence-electron chi connectivity index (χ0n) is 21.7. The second-order valence-electron chi connectivity index (χ2n) is 12.3. The molecule has 2 N–H and O–H groups in total. The average Bonchev–Trinajstić information content (AvgIpc) is 3.53. The topological polar surface area (TPSA) is 86.7 Å². The number of nitrogens with zero attached hydrogens (tertiary/aromatic N) is 1. The highest BCUT2D eigenvalue weighted by Gasteiger charge is 2.54. The number of sulfonamides is 1. The first-order chi connectivity index (χ1) is 17.5. The van der Waals surface area contributed by atoms with Crippen LogP contribution in [0.25, 0.3) is 0 Å². The fourth-order valence-electron chi connectivity index (χ4n) is 6.00. The molecule has 206 valence electrons. The first-order valence-electron chi connectivity index (χ1n) is 12.9. The molecule has 2 aliphatic carbocycles. The van der Waals surface area contributed by atoms with Gasteiger partial charge in [0.1, 0.15) is 0 Å². The van der Waals surface area contributed by atoms with Crippen LogP contribution in [0.5, 0.6) is 0 Å². The zero-order chi connectivity index (χ0) is 27.7. The molecule has 0 radical (unpaired) electrons. The van der Waals surface area contributed by atoms with Crippen LogP contribution < -0.4 is 9.62 Å². The molecule has 0 unspecified atom stereocenters. The number of benzene rings is 2. The van der Waals surface area contributed by atoms with E-state index >= 15 is 0 Å². The molecule has 2 aromatic rings. The molecule has 2 aromatic carbocycles. The SMILES string of the molecule is CC(C)(C)NS(=O)(=O)c1cccc(C(=O)N2CC3(CCC4(CC4)CC3)c3cc([C@@H](O)C(F)(F)F)ccc32)c1. The third-order valence-electron chi connectivity index (χ3n) is 8.27. The summed E-state index contributed by atoms with van der Waals surface area (Å²) in [6, 6.07) is 9.93. The molecule has 0 saturated heterocycles. The van der Waals surface area contributed by atoms with Crippen molar-refractivity contribution in [2.45, 2.75) is 87.4 Å². The van der Waals surface area contributed by atoms with Crippen molar-refractivity contribution in [3.8, 4) is 0 Å². The van der Waals surface area contributed by atoms with E-state index in [0.717, 1.165) is 38.5 Å². The monoisotopic (exact) mass is 550 g/mol. The fourth-order valence-corrected chi connectivity index (χ4v) is 7.47. The predicted octanol–water partition coefficient (Wildman–Crippen LogP) is 5.61. The molecule has 1 amide bonds. The van der Waals surface area contributed by atoms with E-state index in [-0.39, 0.29) is 16.0 Å². The van der Waals surface area contributed by atoms with Gasteiger partial charge < -0.3 is 10.0 Å². The molecule has 3 aliphatic rings. The summed E-state index contributed by atoms with van der Waals surface area (Å²) >= 11 is 0. The molecule has 1 heterocycles. The minimum Gasteiger partial charge on any atom is -0.379 e. The number of carbonyl (C=O) groups excluding carboxylic acids is 1. The van der Waals surface area contributed by atoms with Crippen LogP contribution in [0.1, 0.15) is 86.9 Å². The summed E-state index contributed by atoms with van der Waals surface area (Å²) in [7, 11) is -3.88. The van der Waals surface area contributed by atoms with Gasteiger partial charge in [-0.05, 0) is 100 Å². The lowest BCUT2D eigenvalue weighted by Crippen LogP contribution is -2.41. The molecule has 5 rings (SSSR count). The fraction of sp³-hybridized carbons (Fsp3) is 0.536. The summed E-state index contributed by atoms with van der Waals surface area (Å²) in [6.45, 7) is 5.47. The molecule has 1 atom stereocenters. The normalized spacial score (nSPS) is 21.0. The highest BCUT2D eigenvalue weighted by atomic mass is 32.2. The second-order valence-corrected chi connectivity index (χ2v) is 14.0. The van der Waals surface area contributed by atoms with Gasteiger partial charge in [0, 0.05) is 28.7 Å². The maximum atomic E-state index is 13.8. The average molecular weight is 551 g/mol. The second kappa shape index (κ2) is 8.79. The van der Waals surface area contributed by atoms with Crippen molar-refractivity contribution in [1.29, 1.82) is 0 Å². The maximum Gasteiger partial charge on any atom is 0.418 e. The van der Waals surface area contributed by atoms with E-state index in [0.29, 0.717) is 23.2 Å². The number of rotatable bonds is 4. The van der Waals surface area contributed by atoms with Crippen LogP contribution >= 0.6 is 0 Å². The highest BCUT2D eigenvalue weighted by Crippen LogP contribution is 2.62. The molecule has 0 aromatic heterocycles. The van der Waals surface area contributed by atoms with Gasteiger partial charge in [-0.2, -0.15) is 13.2 Å². The van der Waals surface area contributed by atoms with Crippen molar-refractivity contribution in [2.75, 3.05) is 11.4 Å². The third-order valence-corrected chi connectivity index (χ3v) is 10.0. The number of carbonyl (C=O) groups is 1. The summed E-state index contributed by atoms with van der Waals surface area (Å²) in [5.74, 6) is -0.410. The number of aliphatic hydroxyl groups is 1. The highest BCUT2D eigenvalue weighted by molar-refractivity contribution is 7.89. The summed E-state index contributed by atoms with van der Waals surface area (Å²) < 4.78 is 68.3. The van der Waals surface area contributed by atoms with E-state index in [1.807, 2.05) is 0 Å². The smallest absolute Gasteiger partial charge is 0.379 e. The van der Waals surface area contributed by atoms with E-state index in [2.05, 4.69) is 4.72 Å². The van der Waals surface area contributed by atoms with Gasteiger partial charge in [0.25, 0.3) is 5.91 Å². The lowest BCUT2D eigenvalue weighted by atomic mass is 9.66. The van der Waals surface area contributed by atoms with Crippen molar-refractivity contribution >= 4 is 21.6 Å². The number of hydrogen-bond donors (Lipinski definition) is 2. The number of amides is 1. The van der Waals surface area contributed by atoms with Gasteiger partial charge in [0.05, 0.1) is 4.90 Å². The zero-order valence-corrected chi connectivity index (χ0v) is 22.5. The van der Waals surface area contributed by atoms with Gasteiger partial charge >= 0.3 is 6.18 Å². The van der Waals surface area contributed by atoms with E-state index in [1.54, 1.807) is 31.7 Å². The van der Waals surface area contributed by atoms with Gasteiger partial charge in [-0.15, -0.1) is 0 Å². The van der Waals surface area contributed by atoms with Crippen LogP contribution in [-0.4, -0.2) is 37.7 Å². The van der Waals surface area contributed by atoms with Gasteiger partial charge in [-0.1, -0.05) is 18.2 Å². The molecule has 6 nitrogen and oxygen atoms in total. The van der Waals surface area contributed by atoms with Crippen molar-refractivity contribution in [3.63, 3.8) is 0 Å². The quantitative estimate of drug-likeness (QED) is 0.518. The Balaban J connectivity index is 1.51. The number of fused-ring (bicyclic) bond motifs is 2. The van der Waals surface area contributed by atoms with Gasteiger partial charge in [-0.3, -0.25) is 4.79 Å². The number of alkyl halides is 3. The van der Waals surface area contributed by atoms with Crippen LogP contribution in [0, 0.1) is 5.41 Å². The van der Waals surface area contributed by atoms with Crippen LogP contribution in [0.2, 0.25) is 0 Å². The lowest BCUT2D eigenvalue weighted by molar-refractivity contribution is -0.206. The Morgan fingerprint density at radius 3 is 2.21 bits per heavy atom. The van der Waals surface area contributed by atoms with Crippen LogP contribution in [-0.2, 0) is 15.4 Å². The maximum absolute atomic E-state index is 13.8. The number of hydrogen-bond acceptors (Lipinski definition) is 4. The Labute approximate surface area is 221 Å². The molecule has 1 aliphatic heterocycles. The van der Waals surface area contributed by atoms with Crippen molar-refractivity contribution in [1.82, 2.24) is 4.72 Å². The minimum absolute atomic E-state index is 0.0376. The van der Waals surface area contributed by atoms with Gasteiger partial charge in [0.15, 0.2) is 6.10 Å². The molecular formula is C28H33F3N2O4S. The van der Waals surface area contributed by atoms with Crippen molar-refractivity contribution < 1.29 is 31.5 Å². The van der Waals surface area contributed by atoms with Crippen LogP contribution in [0.3, 0.4) is 0 Å². The van der Waals surface area contributed by atoms with Gasteiger partial charge in [-0.25, -0.2) is 13.1 Å². The third kappa shape index (κ3) is 4.98. The van der Waals surface area contributed by atoms with E-state index in [4.69, 9.17) is 0 Å². The number of halogens is 3. The Kier molecular flexibility index (Phi) is 6.28. The molecule has 2 fully saturated rings. The Morgan fingerprint density at radius 2 is 1.63 bits per heavy atom. The van der Waals surface area contributed by atoms with Crippen molar-refractivity contribution in [2.24, 2.45) is 5.41 Å². The summed E-state index contributed by atoms with van der Waals surface area (Å²) in [6.07, 6.45) is -1.68. The lowest BCUT2D eigenvalue weighted by Gasteiger charge is -2.38. The Bertz CT molecular complexity index is 1370. The summed E-state index contributed by atoms with van der Waals surface area (Å²) in [5.41, 5.74) is 0.224. The molecule has 10 heteroatoms. The van der Waals surface area contributed by atoms with Crippen LogP contribution in [0.15, 0.2) is 47.4 Å². The predicted molar refractivity (Wildman–Crippen MR) is 137 cm³/mol. The minimum atomic E-state index is -4.80. The van der Waals surface area contributed by atoms with Gasteiger partial charge in [0.2, 0.25) is 10.0 Å².